The number of carbonyl (C=O) groups is 1. The van der Waals surface area contributed by atoms with Crippen LogP contribution in [0.15, 0.2) is 59.9 Å². The van der Waals surface area contributed by atoms with Crippen LogP contribution in [-0.4, -0.2) is 54.2 Å². The summed E-state index contributed by atoms with van der Waals surface area (Å²) in [6.07, 6.45) is 4.25. The van der Waals surface area contributed by atoms with Crippen LogP contribution in [0.25, 0.3) is 5.65 Å². The van der Waals surface area contributed by atoms with E-state index in [0.717, 1.165) is 11.2 Å². The molecule has 9 nitrogen and oxygen atoms in total. The molecule has 1 fully saturated rings. The Hall–Kier alpha value is -2.79. The molecule has 3 N–H and O–H groups in total. The van der Waals surface area contributed by atoms with Gasteiger partial charge in [-0.15, -0.1) is 0 Å². The van der Waals surface area contributed by atoms with Crippen molar-refractivity contribution in [1.29, 1.82) is 0 Å². The van der Waals surface area contributed by atoms with E-state index in [1.165, 1.54) is 12.1 Å². The lowest BCUT2D eigenvalue weighted by Gasteiger charge is -2.15. The first kappa shape index (κ1) is 19.5. The summed E-state index contributed by atoms with van der Waals surface area (Å²) in [6, 6.07) is 8.98. The van der Waals surface area contributed by atoms with Crippen molar-refractivity contribution in [3.63, 3.8) is 0 Å². The smallest absolute Gasteiger partial charge is 0.253 e. The minimum Gasteiger partial charge on any atom is -0.389 e. The summed E-state index contributed by atoms with van der Waals surface area (Å²) in [7, 11) is -3.77. The molecule has 0 radical (unpaired) electrons. The summed E-state index contributed by atoms with van der Waals surface area (Å²) in [5.41, 5.74) is 2.00. The van der Waals surface area contributed by atoms with Crippen LogP contribution >= 0.6 is 0 Å². The van der Waals surface area contributed by atoms with Gasteiger partial charge in [0.05, 0.1) is 35.8 Å². The Morgan fingerprint density at radius 3 is 2.72 bits per heavy atom. The van der Waals surface area contributed by atoms with E-state index in [1.54, 1.807) is 47.3 Å². The number of benzene rings is 1. The van der Waals surface area contributed by atoms with Crippen LogP contribution in [0, 0.1) is 0 Å². The molecular weight excluding hydrogens is 396 g/mol. The molecule has 10 heteroatoms. The first-order valence-electron chi connectivity index (χ1n) is 9.00. The van der Waals surface area contributed by atoms with Gasteiger partial charge in [-0.1, -0.05) is 12.1 Å². The van der Waals surface area contributed by atoms with Crippen LogP contribution in [-0.2, 0) is 21.3 Å². The molecule has 1 amide bonds. The van der Waals surface area contributed by atoms with Crippen LogP contribution in [0.3, 0.4) is 0 Å². The van der Waals surface area contributed by atoms with E-state index in [1.807, 2.05) is 0 Å². The molecule has 3 aromatic rings. The topological polar surface area (TPSA) is 122 Å². The molecule has 4 rings (SSSR count). The maximum Gasteiger partial charge on any atom is 0.253 e. The summed E-state index contributed by atoms with van der Waals surface area (Å²) in [4.78, 5) is 16.6. The van der Waals surface area contributed by atoms with Crippen LogP contribution in [0.5, 0.6) is 0 Å². The van der Waals surface area contributed by atoms with Crippen LogP contribution in [0.4, 0.5) is 0 Å². The number of imidazole rings is 1. The molecule has 0 bridgehead atoms. The Balaban J connectivity index is 1.38. The summed E-state index contributed by atoms with van der Waals surface area (Å²) >= 11 is 0. The quantitative estimate of drug-likeness (QED) is 0.531. The molecule has 3 heterocycles. The highest BCUT2D eigenvalue weighted by Crippen LogP contribution is 2.14. The van der Waals surface area contributed by atoms with Crippen LogP contribution in [0.1, 0.15) is 15.9 Å². The number of pyridine rings is 1. The maximum absolute atomic E-state index is 12.4. The van der Waals surface area contributed by atoms with E-state index in [9.17, 15) is 18.3 Å². The number of aromatic nitrogens is 2. The Kier molecular flexibility index (Phi) is 5.33. The highest BCUT2D eigenvalue weighted by atomic mass is 32.2. The lowest BCUT2D eigenvalue weighted by molar-refractivity contribution is 0.0950. The maximum atomic E-state index is 12.4. The average Bonchev–Trinajstić information content (AvgIpc) is 3.34. The van der Waals surface area contributed by atoms with Gasteiger partial charge >= 0.3 is 0 Å². The van der Waals surface area contributed by atoms with Gasteiger partial charge in [-0.05, 0) is 29.8 Å². The van der Waals surface area contributed by atoms with Crippen molar-refractivity contribution >= 4 is 21.6 Å². The van der Waals surface area contributed by atoms with E-state index < -0.39 is 22.2 Å². The fourth-order valence-corrected chi connectivity index (χ4v) is 4.30. The second-order valence-electron chi connectivity index (χ2n) is 6.77. The SMILES string of the molecule is O=C(NCc1ccc(S(=O)(=O)NC2COCC2O)cc1)c1ccc2nccn2c1. The zero-order chi connectivity index (χ0) is 20.4. The van der Waals surface area contributed by atoms with Gasteiger partial charge in [-0.2, -0.15) is 0 Å². The Morgan fingerprint density at radius 1 is 1.21 bits per heavy atom. The molecule has 1 aromatic carbocycles. The molecule has 2 aromatic heterocycles. The van der Waals surface area contributed by atoms with Crippen molar-refractivity contribution in [2.45, 2.75) is 23.6 Å². The normalized spacial score (nSPS) is 19.5. The number of aliphatic hydroxyl groups excluding tert-OH is 1. The van der Waals surface area contributed by atoms with Gasteiger partial charge < -0.3 is 19.6 Å². The number of carbonyl (C=O) groups excluding carboxylic acids is 1. The number of sulfonamides is 1. The van der Waals surface area contributed by atoms with Crippen molar-refractivity contribution in [3.05, 3.63) is 66.1 Å². The second kappa shape index (κ2) is 7.91. The van der Waals surface area contributed by atoms with Gasteiger partial charge in [0.15, 0.2) is 0 Å². The number of fused-ring (bicyclic) bond motifs is 1. The van der Waals surface area contributed by atoms with Gasteiger partial charge in [-0.3, -0.25) is 4.79 Å². The predicted molar refractivity (Wildman–Crippen MR) is 104 cm³/mol. The molecule has 1 aliphatic heterocycles. The molecule has 1 aliphatic rings. The van der Waals surface area contributed by atoms with Crippen molar-refractivity contribution in [1.82, 2.24) is 19.4 Å². The molecule has 0 spiro atoms. The monoisotopic (exact) mass is 416 g/mol. The van der Waals surface area contributed by atoms with Crippen molar-refractivity contribution < 1.29 is 23.1 Å². The zero-order valence-corrected chi connectivity index (χ0v) is 16.2. The standard InChI is InChI=1S/C19H20N4O5S/c24-17-12-28-11-16(17)22-29(26,27)15-4-1-13(2-5-15)9-21-19(25)14-3-6-18-20-7-8-23(18)10-14/h1-8,10,16-17,22,24H,9,11-12H2,(H,21,25). The Morgan fingerprint density at radius 2 is 2.00 bits per heavy atom. The van der Waals surface area contributed by atoms with E-state index in [0.29, 0.717) is 5.56 Å². The second-order valence-corrected chi connectivity index (χ2v) is 8.48. The molecule has 2 atom stereocenters. The van der Waals surface area contributed by atoms with E-state index in [4.69, 9.17) is 4.74 Å². The van der Waals surface area contributed by atoms with Gasteiger partial charge in [0.2, 0.25) is 10.0 Å². The number of nitrogens with one attached hydrogen (secondary N) is 2. The number of aliphatic hydroxyl groups is 1. The number of ether oxygens (including phenoxy) is 1. The lowest BCUT2D eigenvalue weighted by atomic mass is 10.2. The fraction of sp³-hybridized carbons (Fsp3) is 0.263. The first-order valence-corrected chi connectivity index (χ1v) is 10.5. The fourth-order valence-electron chi connectivity index (χ4n) is 3.05. The summed E-state index contributed by atoms with van der Waals surface area (Å²) in [5.74, 6) is -0.241. The summed E-state index contributed by atoms with van der Waals surface area (Å²) in [6.45, 7) is 0.499. The van der Waals surface area contributed by atoms with Crippen molar-refractivity contribution in [2.24, 2.45) is 0 Å². The number of hydrogen-bond acceptors (Lipinski definition) is 6. The average molecular weight is 416 g/mol. The van der Waals surface area contributed by atoms with Gasteiger partial charge in [0, 0.05) is 25.1 Å². The zero-order valence-electron chi connectivity index (χ0n) is 15.4. The van der Waals surface area contributed by atoms with E-state index in [-0.39, 0.29) is 30.6 Å². The minimum absolute atomic E-state index is 0.0808. The third-order valence-corrected chi connectivity index (χ3v) is 6.20. The van der Waals surface area contributed by atoms with Gasteiger partial charge in [0.1, 0.15) is 5.65 Å². The molecule has 0 saturated carbocycles. The number of nitrogens with zero attached hydrogens (tertiary/aromatic N) is 2. The summed E-state index contributed by atoms with van der Waals surface area (Å²) < 4.78 is 34.1. The number of rotatable bonds is 6. The number of amides is 1. The highest BCUT2D eigenvalue weighted by molar-refractivity contribution is 7.89. The molecule has 1 saturated heterocycles. The first-order chi connectivity index (χ1) is 13.9. The lowest BCUT2D eigenvalue weighted by Crippen LogP contribution is -2.42. The van der Waals surface area contributed by atoms with E-state index in [2.05, 4.69) is 15.0 Å². The van der Waals surface area contributed by atoms with Gasteiger partial charge in [0.25, 0.3) is 5.91 Å². The minimum atomic E-state index is -3.77. The summed E-state index contributed by atoms with van der Waals surface area (Å²) in [5, 5.41) is 12.5. The predicted octanol–water partition coefficient (Wildman–Crippen LogP) is 0.302. The largest absolute Gasteiger partial charge is 0.389 e. The van der Waals surface area contributed by atoms with Crippen molar-refractivity contribution in [3.8, 4) is 0 Å². The van der Waals surface area contributed by atoms with Crippen LogP contribution in [0.2, 0.25) is 0 Å². The molecule has 29 heavy (non-hydrogen) atoms. The Bertz CT molecular complexity index is 1130. The molecule has 152 valence electrons. The third-order valence-electron chi connectivity index (χ3n) is 4.69. The molecular formula is C19H20N4O5S. The highest BCUT2D eigenvalue weighted by Gasteiger charge is 2.30. The third kappa shape index (κ3) is 4.30. The van der Waals surface area contributed by atoms with Crippen molar-refractivity contribution in [2.75, 3.05) is 13.2 Å². The molecule has 0 aliphatic carbocycles. The molecule has 2 unspecified atom stereocenters. The Labute approximate surface area is 167 Å². The van der Waals surface area contributed by atoms with Crippen LogP contribution < -0.4 is 10.0 Å². The van der Waals surface area contributed by atoms with E-state index >= 15 is 0 Å². The van der Waals surface area contributed by atoms with Gasteiger partial charge in [-0.25, -0.2) is 18.1 Å². The number of hydrogen-bond donors (Lipinski definition) is 3.